The minimum Gasteiger partial charge on any atom is -0.308 e. The van der Waals surface area contributed by atoms with Gasteiger partial charge in [-0.1, -0.05) is 54.0 Å². The topological polar surface area (TPSA) is 53.0 Å². The summed E-state index contributed by atoms with van der Waals surface area (Å²) >= 11 is 4.79. The molecule has 2 amide bonds. The molecule has 1 saturated heterocycles. The smallest absolute Gasteiger partial charge is 0.272 e. The van der Waals surface area contributed by atoms with E-state index in [1.807, 2.05) is 73.7 Å². The Balaban J connectivity index is 1.67. The molecule has 5 nitrogen and oxygen atoms in total. The highest BCUT2D eigenvalue weighted by molar-refractivity contribution is 9.10. The molecule has 182 valence electrons. The first-order chi connectivity index (χ1) is 17.4. The van der Waals surface area contributed by atoms with Crippen LogP contribution in [0.3, 0.4) is 0 Å². The molecule has 0 unspecified atom stereocenters. The number of likely N-dealkylation sites (N-methyl/N-ethyl adjacent to an activating group) is 1. The molecule has 0 bridgehead atoms. The molecule has 3 aromatic carbocycles. The van der Waals surface area contributed by atoms with Crippen LogP contribution in [0.15, 0.2) is 81.1 Å². The van der Waals surface area contributed by atoms with Gasteiger partial charge in [0.25, 0.3) is 11.8 Å². The van der Waals surface area contributed by atoms with E-state index in [1.165, 1.54) is 22.9 Å². The molecular weight excluding hydrogens is 534 g/mol. The lowest BCUT2D eigenvalue weighted by Crippen LogP contribution is -2.30. The number of halogens is 1. The van der Waals surface area contributed by atoms with E-state index in [2.05, 4.69) is 29.8 Å². The average Bonchev–Trinajstić information content (AvgIpc) is 3.35. The van der Waals surface area contributed by atoms with Gasteiger partial charge in [-0.3, -0.25) is 14.5 Å². The maximum atomic E-state index is 14.0. The SMILES string of the molecule is CCc1ccc(N=C2S/C(=C3\C(=O)N(CC)c4ccc(Br)cc43)C(=O)N2c2ccc(CC)cc2)cc1. The van der Waals surface area contributed by atoms with Gasteiger partial charge in [0.1, 0.15) is 0 Å². The van der Waals surface area contributed by atoms with Crippen LogP contribution in [0.25, 0.3) is 5.57 Å². The summed E-state index contributed by atoms with van der Waals surface area (Å²) in [5.41, 5.74) is 5.93. The summed E-state index contributed by atoms with van der Waals surface area (Å²) in [6, 6.07) is 21.7. The van der Waals surface area contributed by atoms with Crippen molar-refractivity contribution in [3.63, 3.8) is 0 Å². The number of rotatable bonds is 5. The summed E-state index contributed by atoms with van der Waals surface area (Å²) in [5.74, 6) is -0.392. The van der Waals surface area contributed by atoms with E-state index in [1.54, 1.807) is 9.80 Å². The minimum absolute atomic E-state index is 0.156. The van der Waals surface area contributed by atoms with Crippen molar-refractivity contribution in [3.05, 3.63) is 92.8 Å². The number of amides is 2. The number of amidine groups is 1. The maximum absolute atomic E-state index is 14.0. The molecule has 0 aromatic heterocycles. The first-order valence-electron chi connectivity index (χ1n) is 12.1. The Labute approximate surface area is 224 Å². The van der Waals surface area contributed by atoms with Crippen molar-refractivity contribution in [2.45, 2.75) is 33.6 Å². The molecule has 2 heterocycles. The van der Waals surface area contributed by atoms with Gasteiger partial charge >= 0.3 is 0 Å². The Hall–Kier alpha value is -3.16. The van der Waals surface area contributed by atoms with Gasteiger partial charge in [-0.2, -0.15) is 0 Å². The zero-order valence-corrected chi connectivity index (χ0v) is 22.8. The standard InChI is InChI=1S/C29H26BrN3O2S/c1-4-18-7-12-21(13-8-18)31-29-33(22-14-9-19(5-2)10-15-22)28(35)26(36-29)25-23-17-20(30)11-16-24(23)32(6-3)27(25)34/h7-17H,4-6H2,1-3H3/b26-25-,31-29?. The van der Waals surface area contributed by atoms with Crippen molar-refractivity contribution in [2.75, 3.05) is 16.3 Å². The van der Waals surface area contributed by atoms with Crippen LogP contribution >= 0.6 is 27.7 Å². The largest absolute Gasteiger partial charge is 0.308 e. The lowest BCUT2D eigenvalue weighted by molar-refractivity contribution is -0.115. The molecule has 2 aliphatic rings. The van der Waals surface area contributed by atoms with Crippen LogP contribution in [0.4, 0.5) is 17.1 Å². The van der Waals surface area contributed by atoms with Crippen molar-refractivity contribution in [1.82, 2.24) is 0 Å². The fraction of sp³-hybridized carbons (Fsp3) is 0.207. The zero-order valence-electron chi connectivity index (χ0n) is 20.4. The fourth-order valence-corrected chi connectivity index (χ4v) is 5.91. The monoisotopic (exact) mass is 559 g/mol. The number of nitrogens with zero attached hydrogens (tertiary/aromatic N) is 3. The summed E-state index contributed by atoms with van der Waals surface area (Å²) in [5, 5.41) is 0.537. The van der Waals surface area contributed by atoms with E-state index in [4.69, 9.17) is 4.99 Å². The predicted molar refractivity (Wildman–Crippen MR) is 153 cm³/mol. The molecule has 1 fully saturated rings. The van der Waals surface area contributed by atoms with Gasteiger partial charge in [0.2, 0.25) is 0 Å². The Morgan fingerprint density at radius 1 is 0.833 bits per heavy atom. The summed E-state index contributed by atoms with van der Waals surface area (Å²) in [6.07, 6.45) is 1.86. The fourth-order valence-electron chi connectivity index (χ4n) is 4.46. The number of hydrogen-bond acceptors (Lipinski definition) is 4. The average molecular weight is 561 g/mol. The Morgan fingerprint density at radius 3 is 2.08 bits per heavy atom. The van der Waals surface area contributed by atoms with E-state index >= 15 is 0 Å². The van der Waals surface area contributed by atoms with E-state index < -0.39 is 0 Å². The Morgan fingerprint density at radius 2 is 1.47 bits per heavy atom. The Kier molecular flexibility index (Phi) is 6.86. The zero-order chi connectivity index (χ0) is 25.4. The van der Waals surface area contributed by atoms with Crippen molar-refractivity contribution in [2.24, 2.45) is 4.99 Å². The Bertz CT molecular complexity index is 1410. The van der Waals surface area contributed by atoms with Gasteiger partial charge in [0, 0.05) is 16.6 Å². The van der Waals surface area contributed by atoms with Crippen LogP contribution in [-0.2, 0) is 22.4 Å². The third kappa shape index (κ3) is 4.31. The summed E-state index contributed by atoms with van der Waals surface area (Å²) in [6.45, 7) is 6.67. The van der Waals surface area contributed by atoms with Crippen molar-refractivity contribution < 1.29 is 9.59 Å². The number of hydrogen-bond donors (Lipinski definition) is 0. The van der Waals surface area contributed by atoms with Crippen molar-refractivity contribution in [3.8, 4) is 0 Å². The highest BCUT2D eigenvalue weighted by Gasteiger charge is 2.43. The van der Waals surface area contributed by atoms with Crippen LogP contribution in [0.2, 0.25) is 0 Å². The molecule has 0 N–H and O–H groups in total. The molecule has 36 heavy (non-hydrogen) atoms. The number of anilines is 2. The van der Waals surface area contributed by atoms with Crippen LogP contribution in [0, 0.1) is 0 Å². The minimum atomic E-state index is -0.236. The third-order valence-corrected chi connectivity index (χ3v) is 8.01. The molecule has 0 radical (unpaired) electrons. The lowest BCUT2D eigenvalue weighted by Gasteiger charge is -2.16. The molecule has 7 heteroatoms. The van der Waals surface area contributed by atoms with Crippen LogP contribution in [0.5, 0.6) is 0 Å². The second kappa shape index (κ2) is 10.1. The number of carbonyl (C=O) groups is 2. The molecular formula is C29H26BrN3O2S. The van der Waals surface area contributed by atoms with E-state index in [-0.39, 0.29) is 11.8 Å². The van der Waals surface area contributed by atoms with E-state index in [0.717, 1.165) is 39.9 Å². The molecule has 0 saturated carbocycles. The summed E-state index contributed by atoms with van der Waals surface area (Å²) in [7, 11) is 0. The normalized spacial score (nSPS) is 18.5. The number of benzene rings is 3. The highest BCUT2D eigenvalue weighted by atomic mass is 79.9. The van der Waals surface area contributed by atoms with E-state index in [0.29, 0.717) is 22.2 Å². The number of aliphatic imine (C=N–C) groups is 1. The maximum Gasteiger partial charge on any atom is 0.272 e. The second-order valence-electron chi connectivity index (χ2n) is 8.59. The van der Waals surface area contributed by atoms with Crippen LogP contribution in [0.1, 0.15) is 37.5 Å². The third-order valence-electron chi connectivity index (χ3n) is 6.48. The molecule has 5 rings (SSSR count). The summed E-state index contributed by atoms with van der Waals surface area (Å²) < 4.78 is 0.859. The molecule has 0 atom stereocenters. The van der Waals surface area contributed by atoms with Gasteiger partial charge in [-0.05, 0) is 85.1 Å². The van der Waals surface area contributed by atoms with E-state index in [9.17, 15) is 9.59 Å². The van der Waals surface area contributed by atoms with Gasteiger partial charge in [-0.15, -0.1) is 0 Å². The van der Waals surface area contributed by atoms with Gasteiger partial charge < -0.3 is 4.90 Å². The van der Waals surface area contributed by atoms with Crippen LogP contribution in [-0.4, -0.2) is 23.5 Å². The highest BCUT2D eigenvalue weighted by Crippen LogP contribution is 2.46. The first kappa shape index (κ1) is 24.5. The quantitative estimate of drug-likeness (QED) is 0.313. The number of aryl methyl sites for hydroxylation is 2. The number of fused-ring (bicyclic) bond motifs is 1. The van der Waals surface area contributed by atoms with Gasteiger partial charge in [0.15, 0.2) is 5.17 Å². The van der Waals surface area contributed by atoms with Crippen molar-refractivity contribution >= 4 is 67.3 Å². The molecule has 2 aliphatic heterocycles. The molecule has 3 aromatic rings. The lowest BCUT2D eigenvalue weighted by atomic mass is 10.1. The summed E-state index contributed by atoms with van der Waals surface area (Å²) in [4.78, 5) is 36.1. The van der Waals surface area contributed by atoms with Crippen molar-refractivity contribution in [1.29, 1.82) is 0 Å². The molecule has 0 aliphatic carbocycles. The number of carbonyl (C=O) groups excluding carboxylic acids is 2. The van der Waals surface area contributed by atoms with Gasteiger partial charge in [0.05, 0.1) is 27.5 Å². The second-order valence-corrected chi connectivity index (χ2v) is 10.5. The first-order valence-corrected chi connectivity index (χ1v) is 13.7. The molecule has 0 spiro atoms. The van der Waals surface area contributed by atoms with Crippen LogP contribution < -0.4 is 9.80 Å². The predicted octanol–water partition coefficient (Wildman–Crippen LogP) is 7.12. The number of thioether (sulfide) groups is 1. The van der Waals surface area contributed by atoms with Gasteiger partial charge in [-0.25, -0.2) is 4.99 Å².